The van der Waals surface area contributed by atoms with Crippen LogP contribution in [-0.2, 0) is 0 Å². The zero-order chi connectivity index (χ0) is 7.84. The first-order chi connectivity index (χ1) is 5.27. The van der Waals surface area contributed by atoms with Gasteiger partial charge in [-0.3, -0.25) is 0 Å². The van der Waals surface area contributed by atoms with Crippen LogP contribution in [0.3, 0.4) is 0 Å². The average Bonchev–Trinajstić information content (AvgIpc) is 2.34. The monoisotopic (exact) mass is 228 g/mol. The lowest BCUT2D eigenvalue weighted by Crippen LogP contribution is -1.70. The summed E-state index contributed by atoms with van der Waals surface area (Å²) >= 11 is 9.27. The molecule has 55 valence electrons. The van der Waals surface area contributed by atoms with Crippen molar-refractivity contribution in [3.63, 3.8) is 0 Å². The summed E-state index contributed by atoms with van der Waals surface area (Å²) in [6.45, 7) is 0. The molecule has 3 heteroatoms. The second kappa shape index (κ2) is 2.54. The van der Waals surface area contributed by atoms with Crippen LogP contribution in [0.2, 0.25) is 5.02 Å². The van der Waals surface area contributed by atoms with E-state index >= 15 is 0 Å². The van der Waals surface area contributed by atoms with Gasteiger partial charge >= 0.3 is 0 Å². The van der Waals surface area contributed by atoms with Crippen LogP contribution in [0.4, 0.5) is 0 Å². The first-order valence-electron chi connectivity index (χ1n) is 3.11. The fourth-order valence-electron chi connectivity index (χ4n) is 1.02. The SMILES string of the molecule is Clc1cc(Br)cc2[nH]c[c]c12. The zero-order valence-corrected chi connectivity index (χ0v) is 7.83. The summed E-state index contributed by atoms with van der Waals surface area (Å²) < 4.78 is 0.978. The molecule has 0 saturated carbocycles. The minimum atomic E-state index is 0.718. The third-order valence-electron chi connectivity index (χ3n) is 1.50. The number of fused-ring (bicyclic) bond motifs is 1. The second-order valence-corrected chi connectivity index (χ2v) is 3.57. The molecule has 0 atom stereocenters. The number of aromatic nitrogens is 1. The molecule has 1 radical (unpaired) electrons. The minimum Gasteiger partial charge on any atom is -0.360 e. The number of hydrogen-bond donors (Lipinski definition) is 1. The van der Waals surface area contributed by atoms with Gasteiger partial charge in [-0.05, 0) is 12.1 Å². The summed E-state index contributed by atoms with van der Waals surface area (Å²) in [6, 6.07) is 6.83. The molecule has 0 spiro atoms. The predicted molar refractivity (Wildman–Crippen MR) is 49.8 cm³/mol. The maximum Gasteiger partial charge on any atom is 0.0517 e. The third-order valence-corrected chi connectivity index (χ3v) is 2.26. The highest BCUT2D eigenvalue weighted by Gasteiger charge is 2.00. The van der Waals surface area contributed by atoms with E-state index in [1.165, 1.54) is 0 Å². The largest absolute Gasteiger partial charge is 0.360 e. The van der Waals surface area contributed by atoms with Crippen LogP contribution in [0.1, 0.15) is 0 Å². The van der Waals surface area contributed by atoms with Gasteiger partial charge in [0.1, 0.15) is 0 Å². The van der Waals surface area contributed by atoms with E-state index in [0.29, 0.717) is 0 Å². The maximum atomic E-state index is 5.92. The molecule has 0 bridgehead atoms. The molecule has 0 unspecified atom stereocenters. The first kappa shape index (κ1) is 7.19. The normalized spacial score (nSPS) is 10.7. The highest BCUT2D eigenvalue weighted by Crippen LogP contribution is 2.26. The van der Waals surface area contributed by atoms with Crippen LogP contribution in [-0.4, -0.2) is 4.98 Å². The Morgan fingerprint density at radius 3 is 3.09 bits per heavy atom. The lowest BCUT2D eigenvalue weighted by Gasteiger charge is -1.94. The van der Waals surface area contributed by atoms with Gasteiger partial charge in [0.05, 0.1) is 5.02 Å². The average molecular weight is 229 g/mol. The van der Waals surface area contributed by atoms with E-state index in [1.807, 2.05) is 12.1 Å². The fraction of sp³-hybridized carbons (Fsp3) is 0. The Morgan fingerprint density at radius 1 is 1.45 bits per heavy atom. The summed E-state index contributed by atoms with van der Waals surface area (Å²) in [4.78, 5) is 3.03. The van der Waals surface area contributed by atoms with Gasteiger partial charge in [0, 0.05) is 27.6 Å². The Labute approximate surface area is 77.5 Å². The lowest BCUT2D eigenvalue weighted by atomic mass is 10.2. The molecule has 11 heavy (non-hydrogen) atoms. The molecule has 0 fully saturated rings. The highest BCUT2D eigenvalue weighted by molar-refractivity contribution is 9.10. The van der Waals surface area contributed by atoms with Crippen LogP contribution >= 0.6 is 27.5 Å². The van der Waals surface area contributed by atoms with E-state index in [-0.39, 0.29) is 0 Å². The number of halogens is 2. The van der Waals surface area contributed by atoms with Gasteiger partial charge in [0.15, 0.2) is 0 Å². The fourth-order valence-corrected chi connectivity index (χ4v) is 1.88. The second-order valence-electron chi connectivity index (χ2n) is 2.24. The topological polar surface area (TPSA) is 15.8 Å². The molecule has 1 aromatic carbocycles. The molecule has 0 aliphatic rings. The van der Waals surface area contributed by atoms with Crippen molar-refractivity contribution in [2.45, 2.75) is 0 Å². The minimum absolute atomic E-state index is 0.718. The summed E-state index contributed by atoms with van der Waals surface area (Å²) in [6.07, 6.45) is 1.75. The summed E-state index contributed by atoms with van der Waals surface area (Å²) in [5.74, 6) is 0. The van der Waals surface area contributed by atoms with Crippen LogP contribution < -0.4 is 0 Å². The molecule has 1 nitrogen and oxygen atoms in total. The standard InChI is InChI=1S/C8H4BrClN/c9-5-3-7(10)6-1-2-11-8(6)4-5/h2-4,11H. The molecule has 0 aliphatic heterocycles. The molecular formula is C8H4BrClN. The quantitative estimate of drug-likeness (QED) is 0.713. The number of H-pyrrole nitrogens is 1. The summed E-state index contributed by atoms with van der Waals surface area (Å²) in [5.41, 5.74) is 1.00. The Morgan fingerprint density at radius 2 is 2.27 bits per heavy atom. The van der Waals surface area contributed by atoms with E-state index in [0.717, 1.165) is 20.4 Å². The number of benzene rings is 1. The number of nitrogens with one attached hydrogen (secondary N) is 1. The summed E-state index contributed by atoms with van der Waals surface area (Å²) in [5, 5.41) is 1.66. The molecule has 1 heterocycles. The van der Waals surface area contributed by atoms with E-state index in [2.05, 4.69) is 27.0 Å². The number of aromatic amines is 1. The molecule has 0 amide bonds. The lowest BCUT2D eigenvalue weighted by molar-refractivity contribution is 1.47. The van der Waals surface area contributed by atoms with Crippen molar-refractivity contribution in [2.24, 2.45) is 0 Å². The van der Waals surface area contributed by atoms with Gasteiger partial charge in [-0.1, -0.05) is 27.5 Å². The van der Waals surface area contributed by atoms with Crippen molar-refractivity contribution in [3.8, 4) is 0 Å². The molecule has 1 N–H and O–H groups in total. The Hall–Kier alpha value is -0.470. The van der Waals surface area contributed by atoms with Crippen molar-refractivity contribution in [2.75, 3.05) is 0 Å². The smallest absolute Gasteiger partial charge is 0.0517 e. The van der Waals surface area contributed by atoms with E-state index in [1.54, 1.807) is 6.20 Å². The van der Waals surface area contributed by atoms with Crippen molar-refractivity contribution in [1.29, 1.82) is 0 Å². The van der Waals surface area contributed by atoms with Gasteiger partial charge in [-0.25, -0.2) is 0 Å². The highest BCUT2D eigenvalue weighted by atomic mass is 79.9. The van der Waals surface area contributed by atoms with E-state index in [9.17, 15) is 0 Å². The molecule has 2 rings (SSSR count). The maximum absolute atomic E-state index is 5.92. The van der Waals surface area contributed by atoms with Crippen molar-refractivity contribution < 1.29 is 0 Å². The molecule has 1 aromatic heterocycles. The number of hydrogen-bond acceptors (Lipinski definition) is 0. The van der Waals surface area contributed by atoms with Crippen LogP contribution in [0.5, 0.6) is 0 Å². The predicted octanol–water partition coefficient (Wildman–Crippen LogP) is 3.38. The van der Waals surface area contributed by atoms with Gasteiger partial charge < -0.3 is 4.98 Å². The van der Waals surface area contributed by atoms with Gasteiger partial charge in [0.2, 0.25) is 0 Å². The van der Waals surface area contributed by atoms with E-state index in [4.69, 9.17) is 11.6 Å². The van der Waals surface area contributed by atoms with Gasteiger partial charge in [-0.2, -0.15) is 0 Å². The van der Waals surface area contributed by atoms with Crippen molar-refractivity contribution in [1.82, 2.24) is 4.98 Å². The third kappa shape index (κ3) is 1.17. The molecule has 2 aromatic rings. The van der Waals surface area contributed by atoms with E-state index < -0.39 is 0 Å². The Balaban J connectivity index is 2.91. The van der Waals surface area contributed by atoms with Crippen LogP contribution in [0.25, 0.3) is 10.9 Å². The Bertz CT molecular complexity index is 394. The van der Waals surface area contributed by atoms with Gasteiger partial charge in [0.25, 0.3) is 0 Å². The molecular weight excluding hydrogens is 225 g/mol. The van der Waals surface area contributed by atoms with Crippen molar-refractivity contribution >= 4 is 38.4 Å². The molecule has 0 aliphatic carbocycles. The zero-order valence-electron chi connectivity index (χ0n) is 5.49. The molecule has 0 saturated heterocycles. The van der Waals surface area contributed by atoms with Crippen molar-refractivity contribution in [3.05, 3.63) is 33.9 Å². The summed E-state index contributed by atoms with van der Waals surface area (Å²) in [7, 11) is 0. The van der Waals surface area contributed by atoms with Gasteiger partial charge in [-0.15, -0.1) is 0 Å². The number of rotatable bonds is 0. The first-order valence-corrected chi connectivity index (χ1v) is 4.28. The Kier molecular flexibility index (Phi) is 1.66. The van der Waals surface area contributed by atoms with Crippen LogP contribution in [0.15, 0.2) is 22.8 Å². The van der Waals surface area contributed by atoms with Crippen LogP contribution in [0, 0.1) is 6.07 Å².